The van der Waals surface area contributed by atoms with E-state index in [0.717, 1.165) is 11.1 Å². The van der Waals surface area contributed by atoms with Crippen molar-refractivity contribution in [3.63, 3.8) is 0 Å². The number of hydrogen-bond acceptors (Lipinski definition) is 5. The second-order valence-electron chi connectivity index (χ2n) is 10.3. The molecule has 0 radical (unpaired) electrons. The first kappa shape index (κ1) is 26.4. The molecule has 1 aliphatic rings. The normalized spacial score (nSPS) is 16.3. The van der Waals surface area contributed by atoms with Crippen LogP contribution in [0.25, 0.3) is 0 Å². The monoisotopic (exact) mass is 503 g/mol. The van der Waals surface area contributed by atoms with Gasteiger partial charge < -0.3 is 5.32 Å². The van der Waals surface area contributed by atoms with Crippen LogP contribution in [0.1, 0.15) is 49.9 Å². The highest BCUT2D eigenvalue weighted by Gasteiger charge is 2.37. The molecule has 0 bridgehead atoms. The van der Waals surface area contributed by atoms with E-state index in [4.69, 9.17) is 0 Å². The number of nitrogens with one attached hydrogen (secondary N) is 3. The van der Waals surface area contributed by atoms with Gasteiger partial charge in [0.05, 0.1) is 0 Å². The van der Waals surface area contributed by atoms with E-state index in [0.29, 0.717) is 37.2 Å². The summed E-state index contributed by atoms with van der Waals surface area (Å²) < 4.78 is 13.6. The summed E-state index contributed by atoms with van der Waals surface area (Å²) in [4.78, 5) is 33.4. The van der Waals surface area contributed by atoms with Crippen LogP contribution >= 0.6 is 0 Å². The largest absolute Gasteiger partial charge is 0.354 e. The second-order valence-corrected chi connectivity index (χ2v) is 10.3. The molecule has 0 spiro atoms. The minimum absolute atomic E-state index is 0.0542. The molecular formula is C29H34FN5O2. The van der Waals surface area contributed by atoms with Crippen LogP contribution in [0.2, 0.25) is 0 Å². The maximum Gasteiger partial charge on any atom is 0.247 e. The van der Waals surface area contributed by atoms with Gasteiger partial charge in [-0.05, 0) is 59.7 Å². The zero-order valence-electron chi connectivity index (χ0n) is 21.5. The van der Waals surface area contributed by atoms with Gasteiger partial charge in [-0.2, -0.15) is 0 Å². The topological polar surface area (TPSA) is 86.4 Å². The number of aromatic nitrogens is 1. The van der Waals surface area contributed by atoms with Crippen molar-refractivity contribution in [2.75, 3.05) is 18.0 Å². The third-order valence-corrected chi connectivity index (χ3v) is 6.49. The quantitative estimate of drug-likeness (QED) is 0.435. The lowest BCUT2D eigenvalue weighted by Gasteiger charge is -2.33. The number of halogens is 1. The van der Waals surface area contributed by atoms with E-state index >= 15 is 0 Å². The van der Waals surface area contributed by atoms with Crippen molar-refractivity contribution in [2.24, 2.45) is 0 Å². The van der Waals surface area contributed by atoms with Gasteiger partial charge in [-0.15, -0.1) is 0 Å². The highest BCUT2D eigenvalue weighted by atomic mass is 19.1. The average molecular weight is 504 g/mol. The first-order chi connectivity index (χ1) is 17.7. The third kappa shape index (κ3) is 6.58. The molecule has 0 saturated carbocycles. The van der Waals surface area contributed by atoms with Crippen molar-refractivity contribution in [1.29, 1.82) is 0 Å². The number of hydrazine groups is 1. The van der Waals surface area contributed by atoms with Gasteiger partial charge in [0.15, 0.2) is 0 Å². The van der Waals surface area contributed by atoms with Gasteiger partial charge in [0.2, 0.25) is 11.8 Å². The molecule has 4 rings (SSSR count). The van der Waals surface area contributed by atoms with E-state index in [1.165, 1.54) is 12.1 Å². The number of carbonyl (C=O) groups is 2. The third-order valence-electron chi connectivity index (χ3n) is 6.49. The Bertz CT molecular complexity index is 1200. The molecule has 37 heavy (non-hydrogen) atoms. The van der Waals surface area contributed by atoms with Crippen LogP contribution in [-0.4, -0.2) is 35.9 Å². The lowest BCUT2D eigenvalue weighted by atomic mass is 9.87. The van der Waals surface area contributed by atoms with Crippen LogP contribution in [0, 0.1) is 5.82 Å². The Labute approximate surface area is 217 Å². The predicted molar refractivity (Wildman–Crippen MR) is 142 cm³/mol. The van der Waals surface area contributed by atoms with E-state index in [9.17, 15) is 14.0 Å². The van der Waals surface area contributed by atoms with Crippen molar-refractivity contribution in [3.05, 3.63) is 95.6 Å². The molecule has 0 aliphatic carbocycles. The van der Waals surface area contributed by atoms with Crippen LogP contribution in [0.15, 0.2) is 73.1 Å². The Morgan fingerprint density at radius 1 is 1.14 bits per heavy atom. The number of nitrogens with zero attached hydrogens (tertiary/aromatic N) is 2. The molecule has 2 amide bonds. The minimum atomic E-state index is -0.934. The van der Waals surface area contributed by atoms with Crippen LogP contribution < -0.4 is 21.1 Å². The van der Waals surface area contributed by atoms with E-state index in [-0.39, 0.29) is 23.0 Å². The summed E-state index contributed by atoms with van der Waals surface area (Å²) in [5.41, 5.74) is 9.13. The Kier molecular flexibility index (Phi) is 8.31. The number of benzene rings is 2. The van der Waals surface area contributed by atoms with Crippen LogP contribution in [0.3, 0.4) is 0 Å². The second kappa shape index (κ2) is 11.6. The maximum absolute atomic E-state index is 13.9. The lowest BCUT2D eigenvalue weighted by molar-refractivity contribution is -0.127. The predicted octanol–water partition coefficient (Wildman–Crippen LogP) is 3.82. The molecule has 2 heterocycles. The Morgan fingerprint density at radius 3 is 2.54 bits per heavy atom. The van der Waals surface area contributed by atoms with Gasteiger partial charge in [0.25, 0.3) is 0 Å². The molecule has 3 N–H and O–H groups in total. The molecule has 1 aliphatic heterocycles. The molecule has 7 nitrogen and oxygen atoms in total. The summed E-state index contributed by atoms with van der Waals surface area (Å²) in [6, 6.07) is 16.2. The van der Waals surface area contributed by atoms with Crippen molar-refractivity contribution in [3.8, 4) is 0 Å². The molecule has 8 heteroatoms. The van der Waals surface area contributed by atoms with Crippen LogP contribution in [-0.2, 0) is 21.4 Å². The van der Waals surface area contributed by atoms with Crippen molar-refractivity contribution in [2.45, 2.75) is 51.1 Å². The Balaban J connectivity index is 1.67. The summed E-state index contributed by atoms with van der Waals surface area (Å²) in [5, 5.41) is 2.96. The number of rotatable bonds is 8. The van der Waals surface area contributed by atoms with Gasteiger partial charge >= 0.3 is 0 Å². The highest BCUT2D eigenvalue weighted by Crippen LogP contribution is 2.31. The summed E-state index contributed by atoms with van der Waals surface area (Å²) in [6.07, 6.45) is 4.32. The lowest BCUT2D eigenvalue weighted by Crippen LogP contribution is -2.51. The van der Waals surface area contributed by atoms with Gasteiger partial charge in [-0.1, -0.05) is 51.1 Å². The molecule has 1 fully saturated rings. The SMILES string of the molecule is CC(C)(C)c1ccc(N(C(=O)C2CCNN2)C(C(=O)NCCc2cccc(F)c2)c2cccnc2)cc1. The zero-order chi connectivity index (χ0) is 26.4. The fourth-order valence-corrected chi connectivity index (χ4v) is 4.44. The fraction of sp³-hybridized carbons (Fsp3) is 0.345. The molecule has 2 aromatic carbocycles. The van der Waals surface area contributed by atoms with Gasteiger partial charge in [0, 0.05) is 36.7 Å². The van der Waals surface area contributed by atoms with Crippen molar-refractivity contribution < 1.29 is 14.0 Å². The molecule has 194 valence electrons. The number of hydrogen-bond donors (Lipinski definition) is 3. The minimum Gasteiger partial charge on any atom is -0.354 e. The maximum atomic E-state index is 13.9. The number of anilines is 1. The van der Waals surface area contributed by atoms with E-state index in [1.807, 2.05) is 30.3 Å². The van der Waals surface area contributed by atoms with Crippen molar-refractivity contribution in [1.82, 2.24) is 21.2 Å². The standard InChI is InChI=1S/C29H34FN5O2/c1-29(2,3)22-9-11-24(12-10-22)35(28(37)25-14-17-33-34-25)26(21-7-5-15-31-19-21)27(36)32-16-13-20-6-4-8-23(30)18-20/h4-12,15,18-19,25-26,33-34H,13-14,16-17H2,1-3H3,(H,32,36). The molecule has 2 unspecified atom stereocenters. The van der Waals surface area contributed by atoms with E-state index in [2.05, 4.69) is 41.9 Å². The van der Waals surface area contributed by atoms with Gasteiger partial charge in [-0.25, -0.2) is 9.82 Å². The summed E-state index contributed by atoms with van der Waals surface area (Å²) in [6.45, 7) is 7.34. The summed E-state index contributed by atoms with van der Waals surface area (Å²) >= 11 is 0. The van der Waals surface area contributed by atoms with E-state index in [1.54, 1.807) is 35.5 Å². The Morgan fingerprint density at radius 2 is 1.92 bits per heavy atom. The highest BCUT2D eigenvalue weighted by molar-refractivity contribution is 6.03. The van der Waals surface area contributed by atoms with Crippen LogP contribution in [0.4, 0.5) is 10.1 Å². The molecule has 1 saturated heterocycles. The molecule has 3 aromatic rings. The zero-order valence-corrected chi connectivity index (χ0v) is 21.5. The molecule has 2 atom stereocenters. The van der Waals surface area contributed by atoms with Crippen molar-refractivity contribution >= 4 is 17.5 Å². The molecular weight excluding hydrogens is 469 g/mol. The number of amides is 2. The summed E-state index contributed by atoms with van der Waals surface area (Å²) in [5.74, 6) is -0.850. The number of carbonyl (C=O) groups excluding carboxylic acids is 2. The first-order valence-corrected chi connectivity index (χ1v) is 12.6. The first-order valence-electron chi connectivity index (χ1n) is 12.6. The fourth-order valence-electron chi connectivity index (χ4n) is 4.44. The van der Waals surface area contributed by atoms with E-state index < -0.39 is 12.1 Å². The average Bonchev–Trinajstić information content (AvgIpc) is 3.42. The van der Waals surface area contributed by atoms with Crippen LogP contribution in [0.5, 0.6) is 0 Å². The van der Waals surface area contributed by atoms with Gasteiger partial charge in [0.1, 0.15) is 17.9 Å². The smallest absolute Gasteiger partial charge is 0.247 e. The van der Waals surface area contributed by atoms with Gasteiger partial charge in [-0.3, -0.25) is 24.9 Å². The Hall–Kier alpha value is -3.62. The molecule has 1 aromatic heterocycles. The number of pyridine rings is 1. The summed E-state index contributed by atoms with van der Waals surface area (Å²) in [7, 11) is 0.